The summed E-state index contributed by atoms with van der Waals surface area (Å²) in [5.41, 5.74) is 3.38. The van der Waals surface area contributed by atoms with E-state index in [2.05, 4.69) is 5.32 Å². The highest BCUT2D eigenvalue weighted by Crippen LogP contribution is 2.39. The number of aliphatic hydroxyl groups excluding tert-OH is 1. The molecule has 3 aromatic carbocycles. The number of furan rings is 1. The highest BCUT2D eigenvalue weighted by atomic mass is 16.5. The van der Waals surface area contributed by atoms with Crippen LogP contribution in [0.25, 0.3) is 22.3 Å². The minimum atomic E-state index is -0.483. The van der Waals surface area contributed by atoms with Gasteiger partial charge in [0.05, 0.1) is 26.4 Å². The molecule has 0 saturated heterocycles. The molecule has 0 spiro atoms. The van der Waals surface area contributed by atoms with Crippen molar-refractivity contribution in [2.45, 2.75) is 32.2 Å². The molecule has 0 bridgehead atoms. The van der Waals surface area contributed by atoms with Gasteiger partial charge in [0.2, 0.25) is 5.91 Å². The van der Waals surface area contributed by atoms with Crippen molar-refractivity contribution in [1.82, 2.24) is 5.32 Å². The van der Waals surface area contributed by atoms with Gasteiger partial charge < -0.3 is 24.3 Å². The third-order valence-corrected chi connectivity index (χ3v) is 6.10. The van der Waals surface area contributed by atoms with E-state index in [1.165, 1.54) is 7.11 Å². The van der Waals surface area contributed by atoms with E-state index in [4.69, 9.17) is 13.9 Å². The predicted octanol–water partition coefficient (Wildman–Crippen LogP) is 4.94. The summed E-state index contributed by atoms with van der Waals surface area (Å²) in [5, 5.41) is 13.2. The molecule has 1 amide bonds. The molecule has 1 atom stereocenters. The summed E-state index contributed by atoms with van der Waals surface area (Å²) in [7, 11) is 1.54. The van der Waals surface area contributed by atoms with Gasteiger partial charge in [-0.3, -0.25) is 4.79 Å². The Bertz CT molecular complexity index is 1350. The van der Waals surface area contributed by atoms with Gasteiger partial charge in [0, 0.05) is 17.4 Å². The van der Waals surface area contributed by atoms with Crippen molar-refractivity contribution in [2.24, 2.45) is 0 Å². The molecular formula is C30H31NO6. The Morgan fingerprint density at radius 3 is 2.35 bits per heavy atom. The van der Waals surface area contributed by atoms with Gasteiger partial charge >= 0.3 is 5.97 Å². The Balaban J connectivity index is 1.58. The minimum absolute atomic E-state index is 0.152. The average Bonchev–Trinajstić information content (AvgIpc) is 3.32. The molecule has 192 valence electrons. The van der Waals surface area contributed by atoms with E-state index in [0.717, 1.165) is 16.7 Å². The first-order valence-electron chi connectivity index (χ1n) is 12.3. The summed E-state index contributed by atoms with van der Waals surface area (Å²) in [5.74, 6) is 0.229. The van der Waals surface area contributed by atoms with E-state index in [9.17, 15) is 14.7 Å². The van der Waals surface area contributed by atoms with Crippen molar-refractivity contribution in [3.63, 3.8) is 0 Å². The summed E-state index contributed by atoms with van der Waals surface area (Å²) < 4.78 is 17.1. The van der Waals surface area contributed by atoms with Crippen LogP contribution in [-0.2, 0) is 22.4 Å². The molecule has 0 radical (unpaired) electrons. The van der Waals surface area contributed by atoms with E-state index in [0.29, 0.717) is 40.9 Å². The number of aryl methyl sites for hydroxylation is 1. The van der Waals surface area contributed by atoms with Crippen molar-refractivity contribution in [1.29, 1.82) is 0 Å². The topological polar surface area (TPSA) is 98.0 Å². The first-order chi connectivity index (χ1) is 18.0. The van der Waals surface area contributed by atoms with Crippen molar-refractivity contribution in [3.8, 4) is 17.1 Å². The normalized spacial score (nSPS) is 11.8. The molecule has 0 aliphatic carbocycles. The highest BCUT2D eigenvalue weighted by Gasteiger charge is 2.26. The first-order valence-corrected chi connectivity index (χ1v) is 12.3. The van der Waals surface area contributed by atoms with E-state index < -0.39 is 5.97 Å². The number of ether oxygens (including phenoxy) is 2. The number of carbonyl (C=O) groups is 2. The summed E-state index contributed by atoms with van der Waals surface area (Å²) in [6, 6.07) is 22.4. The van der Waals surface area contributed by atoms with E-state index in [1.54, 1.807) is 6.92 Å². The number of methoxy groups -OCH3 is 1. The van der Waals surface area contributed by atoms with Gasteiger partial charge in [-0.25, -0.2) is 4.79 Å². The van der Waals surface area contributed by atoms with Crippen molar-refractivity contribution >= 4 is 22.8 Å². The molecule has 0 aliphatic heterocycles. The zero-order chi connectivity index (χ0) is 26.2. The second-order valence-electron chi connectivity index (χ2n) is 8.70. The lowest BCUT2D eigenvalue weighted by Gasteiger charge is -2.16. The molecule has 7 nitrogen and oxygen atoms in total. The number of nitrogens with one attached hydrogen (secondary N) is 1. The number of esters is 1. The predicted molar refractivity (Wildman–Crippen MR) is 142 cm³/mol. The molecule has 1 heterocycles. The average molecular weight is 502 g/mol. The lowest BCUT2D eigenvalue weighted by atomic mass is 10.0. The molecule has 1 aromatic heterocycles. The van der Waals surface area contributed by atoms with Crippen LogP contribution < -0.4 is 10.1 Å². The summed E-state index contributed by atoms with van der Waals surface area (Å²) >= 11 is 0. The Kier molecular flexibility index (Phi) is 8.59. The maximum atomic E-state index is 13.0. The SMILES string of the molecule is CCOC(=O)c1c(-c2ccccc2)oc2c(OC)cc(CCC(=O)N[C@H](CO)Cc3ccccc3)cc12. The number of rotatable bonds is 11. The fourth-order valence-electron chi connectivity index (χ4n) is 4.34. The van der Waals surface area contributed by atoms with Crippen LogP contribution in [0.15, 0.2) is 77.2 Å². The standard InChI is InChI=1S/C30H31NO6/c1-3-36-30(34)27-24-17-21(14-15-26(33)31-23(19-32)16-20-10-6-4-7-11-20)18-25(35-2)29(24)37-28(27)22-12-8-5-9-13-22/h4-13,17-18,23,32H,3,14-16,19H2,1-2H3,(H,31,33)/t23-/m0/s1. The quantitative estimate of drug-likeness (QED) is 0.283. The van der Waals surface area contributed by atoms with Crippen LogP contribution in [0.4, 0.5) is 0 Å². The van der Waals surface area contributed by atoms with Gasteiger partial charge in [-0.15, -0.1) is 0 Å². The Morgan fingerprint density at radius 1 is 1.00 bits per heavy atom. The van der Waals surface area contributed by atoms with E-state index >= 15 is 0 Å². The van der Waals surface area contributed by atoms with Gasteiger partial charge in [0.25, 0.3) is 0 Å². The van der Waals surface area contributed by atoms with Crippen LogP contribution in [0.1, 0.15) is 34.8 Å². The van der Waals surface area contributed by atoms with E-state index in [-0.39, 0.29) is 31.6 Å². The minimum Gasteiger partial charge on any atom is -0.493 e. The molecule has 0 aliphatic rings. The van der Waals surface area contributed by atoms with Gasteiger partial charge in [0.15, 0.2) is 11.3 Å². The zero-order valence-electron chi connectivity index (χ0n) is 21.0. The fraction of sp³-hybridized carbons (Fsp3) is 0.267. The summed E-state index contributed by atoms with van der Waals surface area (Å²) in [6.07, 6.45) is 1.16. The largest absolute Gasteiger partial charge is 0.493 e. The maximum absolute atomic E-state index is 13.0. The second kappa shape index (κ2) is 12.2. The Labute approximate surface area is 216 Å². The summed E-state index contributed by atoms with van der Waals surface area (Å²) in [4.78, 5) is 25.7. The lowest BCUT2D eigenvalue weighted by Crippen LogP contribution is -2.39. The van der Waals surface area contributed by atoms with E-state index in [1.807, 2.05) is 72.8 Å². The van der Waals surface area contributed by atoms with Crippen LogP contribution in [0.5, 0.6) is 5.75 Å². The van der Waals surface area contributed by atoms with Gasteiger partial charge in [-0.05, 0) is 43.0 Å². The number of amides is 1. The van der Waals surface area contributed by atoms with Crippen molar-refractivity contribution in [2.75, 3.05) is 20.3 Å². The number of fused-ring (bicyclic) bond motifs is 1. The number of hydrogen-bond acceptors (Lipinski definition) is 6. The Hall–Kier alpha value is -4.10. The lowest BCUT2D eigenvalue weighted by molar-refractivity contribution is -0.122. The summed E-state index contributed by atoms with van der Waals surface area (Å²) in [6.45, 7) is 1.83. The van der Waals surface area contributed by atoms with Gasteiger partial charge in [-0.2, -0.15) is 0 Å². The van der Waals surface area contributed by atoms with Crippen LogP contribution >= 0.6 is 0 Å². The molecule has 4 aromatic rings. The molecular weight excluding hydrogens is 470 g/mol. The molecule has 37 heavy (non-hydrogen) atoms. The highest BCUT2D eigenvalue weighted by molar-refractivity contribution is 6.10. The molecule has 4 rings (SSSR count). The van der Waals surface area contributed by atoms with Crippen molar-refractivity contribution < 1.29 is 28.6 Å². The number of hydrogen-bond donors (Lipinski definition) is 2. The Morgan fingerprint density at radius 2 is 1.70 bits per heavy atom. The molecule has 7 heteroatoms. The first kappa shape index (κ1) is 26.0. The van der Waals surface area contributed by atoms with Gasteiger partial charge in [-0.1, -0.05) is 60.7 Å². The van der Waals surface area contributed by atoms with Crippen LogP contribution in [0, 0.1) is 0 Å². The number of aliphatic hydroxyl groups is 1. The third-order valence-electron chi connectivity index (χ3n) is 6.10. The molecule has 2 N–H and O–H groups in total. The molecule has 0 fully saturated rings. The third kappa shape index (κ3) is 6.19. The monoisotopic (exact) mass is 501 g/mol. The van der Waals surface area contributed by atoms with Crippen LogP contribution in [0.3, 0.4) is 0 Å². The second-order valence-corrected chi connectivity index (χ2v) is 8.70. The molecule has 0 unspecified atom stereocenters. The maximum Gasteiger partial charge on any atom is 0.342 e. The number of benzene rings is 3. The van der Waals surface area contributed by atoms with Crippen molar-refractivity contribution in [3.05, 3.63) is 89.5 Å². The van der Waals surface area contributed by atoms with Gasteiger partial charge in [0.1, 0.15) is 11.3 Å². The fourth-order valence-corrected chi connectivity index (χ4v) is 4.34. The zero-order valence-corrected chi connectivity index (χ0v) is 21.0. The number of carbonyl (C=O) groups excluding carboxylic acids is 2. The van der Waals surface area contributed by atoms with Crippen LogP contribution in [0.2, 0.25) is 0 Å². The molecule has 0 saturated carbocycles. The smallest absolute Gasteiger partial charge is 0.342 e. The van der Waals surface area contributed by atoms with Crippen LogP contribution in [-0.4, -0.2) is 43.3 Å².